The monoisotopic (exact) mass is 354 g/mol. The van der Waals surface area contributed by atoms with Crippen molar-refractivity contribution in [1.82, 2.24) is 5.32 Å². The number of aliphatic carboxylic acids is 1. The Bertz CT molecular complexity index is 992. The van der Waals surface area contributed by atoms with Crippen molar-refractivity contribution >= 4 is 45.4 Å². The highest BCUT2D eigenvalue weighted by Gasteiger charge is 2.23. The van der Waals surface area contributed by atoms with Crippen LogP contribution in [0.3, 0.4) is 0 Å². The number of hydrogen-bond acceptors (Lipinski definition) is 4. The van der Waals surface area contributed by atoms with Gasteiger partial charge >= 0.3 is 17.8 Å². The van der Waals surface area contributed by atoms with E-state index in [1.165, 1.54) is 0 Å². The van der Waals surface area contributed by atoms with Gasteiger partial charge in [0.25, 0.3) is 0 Å². The van der Waals surface area contributed by atoms with Gasteiger partial charge in [-0.25, -0.2) is 4.79 Å². The molecule has 0 saturated carbocycles. The summed E-state index contributed by atoms with van der Waals surface area (Å²) in [5.41, 5.74) is 1.70. The minimum Gasteiger partial charge on any atom is -0.480 e. The van der Waals surface area contributed by atoms with Gasteiger partial charge in [-0.3, -0.25) is 9.59 Å². The number of para-hydroxylation sites is 1. The van der Waals surface area contributed by atoms with Gasteiger partial charge in [0.1, 0.15) is 17.2 Å². The molecule has 0 fully saturated rings. The molecule has 0 aliphatic heterocycles. The molecule has 7 heteroatoms. The predicted octanol–water partition coefficient (Wildman–Crippen LogP) is 2.89. The summed E-state index contributed by atoms with van der Waals surface area (Å²) >= 11 is 0. The summed E-state index contributed by atoms with van der Waals surface area (Å²) in [6.07, 6.45) is 0.820. The summed E-state index contributed by atoms with van der Waals surface area (Å²) < 4.78 is 5.73. The van der Waals surface area contributed by atoms with E-state index < -0.39 is 23.8 Å². The van der Waals surface area contributed by atoms with E-state index in [1.54, 1.807) is 25.1 Å². The first-order valence-corrected chi connectivity index (χ1v) is 8.25. The van der Waals surface area contributed by atoms with Crippen molar-refractivity contribution in [3.63, 3.8) is 0 Å². The van der Waals surface area contributed by atoms with E-state index in [2.05, 4.69) is 10.6 Å². The Morgan fingerprint density at radius 2 is 1.77 bits per heavy atom. The zero-order valence-electron chi connectivity index (χ0n) is 14.1. The van der Waals surface area contributed by atoms with Crippen LogP contribution < -0.4 is 10.6 Å². The molecule has 134 valence electrons. The number of carboxylic acid groups (broad SMARTS) is 1. The standard InChI is InChI=1S/C19H18N2O5/c1-2-5-14(19(24)25)21-18(23)17(22)20-11-8-9-13-12-6-3-4-7-15(12)26-16(13)10-11/h3-4,6-10,14H,2,5H2,1H3,(H,20,22)(H,21,23)(H,24,25). The maximum Gasteiger partial charge on any atom is 0.326 e. The first-order valence-electron chi connectivity index (χ1n) is 8.25. The lowest BCUT2D eigenvalue weighted by molar-refractivity contribution is -0.143. The average Bonchev–Trinajstić information content (AvgIpc) is 2.98. The number of nitrogens with one attached hydrogen (secondary N) is 2. The van der Waals surface area contributed by atoms with Crippen molar-refractivity contribution in [2.24, 2.45) is 0 Å². The lowest BCUT2D eigenvalue weighted by Crippen LogP contribution is -2.45. The van der Waals surface area contributed by atoms with Crippen LogP contribution in [0.15, 0.2) is 46.9 Å². The van der Waals surface area contributed by atoms with Gasteiger partial charge in [-0.15, -0.1) is 0 Å². The molecular formula is C19H18N2O5. The lowest BCUT2D eigenvalue weighted by atomic mass is 10.1. The number of amides is 2. The van der Waals surface area contributed by atoms with Gasteiger partial charge in [-0.05, 0) is 24.6 Å². The number of carboxylic acids is 1. The molecule has 1 heterocycles. The molecule has 2 aromatic carbocycles. The first kappa shape index (κ1) is 17.5. The van der Waals surface area contributed by atoms with Crippen LogP contribution in [0.1, 0.15) is 19.8 Å². The minimum absolute atomic E-state index is 0.249. The van der Waals surface area contributed by atoms with Crippen molar-refractivity contribution in [2.75, 3.05) is 5.32 Å². The van der Waals surface area contributed by atoms with E-state index >= 15 is 0 Å². The number of hydrogen-bond donors (Lipinski definition) is 3. The summed E-state index contributed by atoms with van der Waals surface area (Å²) in [5.74, 6) is -3.09. The number of anilines is 1. The highest BCUT2D eigenvalue weighted by atomic mass is 16.4. The van der Waals surface area contributed by atoms with Crippen molar-refractivity contribution in [2.45, 2.75) is 25.8 Å². The first-order chi connectivity index (χ1) is 12.5. The number of benzene rings is 2. The highest BCUT2D eigenvalue weighted by molar-refractivity contribution is 6.40. The summed E-state index contributed by atoms with van der Waals surface area (Å²) in [5, 5.41) is 15.6. The van der Waals surface area contributed by atoms with E-state index in [-0.39, 0.29) is 6.42 Å². The summed E-state index contributed by atoms with van der Waals surface area (Å²) in [7, 11) is 0. The summed E-state index contributed by atoms with van der Waals surface area (Å²) in [6, 6.07) is 11.6. The fourth-order valence-electron chi connectivity index (χ4n) is 2.76. The fourth-order valence-corrected chi connectivity index (χ4v) is 2.76. The zero-order chi connectivity index (χ0) is 18.7. The van der Waals surface area contributed by atoms with Crippen molar-refractivity contribution in [1.29, 1.82) is 0 Å². The Kier molecular flexibility index (Phi) is 4.88. The number of carbonyl (C=O) groups is 3. The molecule has 0 spiro atoms. The smallest absolute Gasteiger partial charge is 0.326 e. The molecule has 0 bridgehead atoms. The van der Waals surface area contributed by atoms with Crippen LogP contribution in [-0.2, 0) is 14.4 Å². The van der Waals surface area contributed by atoms with Crippen LogP contribution in [0.25, 0.3) is 21.9 Å². The lowest BCUT2D eigenvalue weighted by Gasteiger charge is -2.13. The average molecular weight is 354 g/mol. The molecule has 0 aliphatic rings. The molecule has 3 aromatic rings. The third-order valence-corrected chi connectivity index (χ3v) is 4.02. The zero-order valence-corrected chi connectivity index (χ0v) is 14.1. The van der Waals surface area contributed by atoms with Crippen LogP contribution in [0, 0.1) is 0 Å². The predicted molar refractivity (Wildman–Crippen MR) is 96.8 cm³/mol. The van der Waals surface area contributed by atoms with Crippen LogP contribution >= 0.6 is 0 Å². The van der Waals surface area contributed by atoms with Crippen molar-refractivity contribution < 1.29 is 23.9 Å². The second-order valence-electron chi connectivity index (χ2n) is 5.92. The van der Waals surface area contributed by atoms with E-state index in [4.69, 9.17) is 9.52 Å². The van der Waals surface area contributed by atoms with Crippen molar-refractivity contribution in [3.05, 3.63) is 42.5 Å². The third-order valence-electron chi connectivity index (χ3n) is 4.02. The maximum absolute atomic E-state index is 12.0. The van der Waals surface area contributed by atoms with E-state index in [0.29, 0.717) is 17.7 Å². The Hall–Kier alpha value is -3.35. The highest BCUT2D eigenvalue weighted by Crippen LogP contribution is 2.30. The number of rotatable bonds is 5. The summed E-state index contributed by atoms with van der Waals surface area (Å²) in [4.78, 5) is 35.0. The molecule has 1 aromatic heterocycles. The molecule has 2 amide bonds. The Balaban J connectivity index is 1.75. The van der Waals surface area contributed by atoms with Gasteiger partial charge < -0.3 is 20.2 Å². The Morgan fingerprint density at radius 3 is 2.50 bits per heavy atom. The second kappa shape index (κ2) is 7.26. The van der Waals surface area contributed by atoms with Gasteiger partial charge in [-0.2, -0.15) is 0 Å². The maximum atomic E-state index is 12.0. The molecule has 3 rings (SSSR count). The van der Waals surface area contributed by atoms with Crippen molar-refractivity contribution in [3.8, 4) is 0 Å². The third kappa shape index (κ3) is 3.51. The van der Waals surface area contributed by atoms with Crippen LogP contribution in [0.5, 0.6) is 0 Å². The van der Waals surface area contributed by atoms with Gasteiger partial charge in [0, 0.05) is 22.5 Å². The van der Waals surface area contributed by atoms with Gasteiger partial charge in [0.05, 0.1) is 0 Å². The summed E-state index contributed by atoms with van der Waals surface area (Å²) in [6.45, 7) is 1.80. The SMILES string of the molecule is CCCC(NC(=O)C(=O)Nc1ccc2c(c1)oc1ccccc12)C(=O)O. The Labute approximate surface area is 149 Å². The molecule has 1 atom stereocenters. The molecule has 7 nitrogen and oxygen atoms in total. The topological polar surface area (TPSA) is 109 Å². The molecule has 0 radical (unpaired) electrons. The second-order valence-corrected chi connectivity index (χ2v) is 5.92. The Morgan fingerprint density at radius 1 is 1.04 bits per heavy atom. The van der Waals surface area contributed by atoms with Crippen LogP contribution in [0.2, 0.25) is 0 Å². The number of furan rings is 1. The molecular weight excluding hydrogens is 336 g/mol. The van der Waals surface area contributed by atoms with E-state index in [1.807, 2.05) is 24.3 Å². The fraction of sp³-hybridized carbons (Fsp3) is 0.211. The normalized spacial score (nSPS) is 12.0. The van der Waals surface area contributed by atoms with E-state index in [0.717, 1.165) is 16.4 Å². The number of fused-ring (bicyclic) bond motifs is 3. The van der Waals surface area contributed by atoms with Gasteiger partial charge in [-0.1, -0.05) is 31.5 Å². The molecule has 0 saturated heterocycles. The van der Waals surface area contributed by atoms with Crippen LogP contribution in [0.4, 0.5) is 5.69 Å². The molecule has 3 N–H and O–H groups in total. The molecule has 26 heavy (non-hydrogen) atoms. The number of carbonyl (C=O) groups excluding carboxylic acids is 2. The largest absolute Gasteiger partial charge is 0.480 e. The minimum atomic E-state index is -1.17. The van der Waals surface area contributed by atoms with Crippen LogP contribution in [-0.4, -0.2) is 28.9 Å². The molecule has 0 aliphatic carbocycles. The van der Waals surface area contributed by atoms with E-state index in [9.17, 15) is 14.4 Å². The van der Waals surface area contributed by atoms with Gasteiger partial charge in [0.15, 0.2) is 0 Å². The molecule has 1 unspecified atom stereocenters. The quantitative estimate of drug-likeness (QED) is 0.611. The van der Waals surface area contributed by atoms with Gasteiger partial charge in [0.2, 0.25) is 0 Å².